The van der Waals surface area contributed by atoms with Gasteiger partial charge < -0.3 is 5.11 Å². The molecule has 56 valence electrons. The first kappa shape index (κ1) is 8.09. The number of nitriles is 1. The van der Waals surface area contributed by atoms with Crippen molar-refractivity contribution in [1.82, 2.24) is 0 Å². The molecular weight excluding hydrogens is 206 g/mol. The number of rotatable bonds is 0. The van der Waals surface area contributed by atoms with Crippen molar-refractivity contribution < 1.29 is 5.11 Å². The van der Waals surface area contributed by atoms with Crippen LogP contribution in [0.2, 0.25) is 0 Å². The number of phenolic OH excluding ortho intramolecular Hbond substituents is 1. The summed E-state index contributed by atoms with van der Waals surface area (Å²) in [6.45, 7) is 1.78. The molecule has 2 nitrogen and oxygen atoms in total. The van der Waals surface area contributed by atoms with Gasteiger partial charge in [-0.05, 0) is 34.5 Å². The molecule has 1 rings (SSSR count). The zero-order chi connectivity index (χ0) is 8.43. The van der Waals surface area contributed by atoms with Crippen LogP contribution in [0.4, 0.5) is 0 Å². The Morgan fingerprint density at radius 2 is 2.18 bits per heavy atom. The minimum atomic E-state index is 0.0208. The van der Waals surface area contributed by atoms with Crippen molar-refractivity contribution in [3.63, 3.8) is 0 Å². The molecule has 1 aromatic rings. The average Bonchev–Trinajstić information content (AvgIpc) is 1.99. The van der Waals surface area contributed by atoms with E-state index >= 15 is 0 Å². The van der Waals surface area contributed by atoms with Gasteiger partial charge in [0.15, 0.2) is 0 Å². The van der Waals surface area contributed by atoms with E-state index in [9.17, 15) is 5.11 Å². The van der Waals surface area contributed by atoms with Gasteiger partial charge in [0.25, 0.3) is 0 Å². The third-order valence-electron chi connectivity index (χ3n) is 1.45. The summed E-state index contributed by atoms with van der Waals surface area (Å²) in [7, 11) is 0. The molecule has 1 aromatic carbocycles. The average molecular weight is 212 g/mol. The van der Waals surface area contributed by atoms with E-state index < -0.39 is 0 Å². The molecule has 3 heteroatoms. The van der Waals surface area contributed by atoms with Gasteiger partial charge in [-0.15, -0.1) is 0 Å². The van der Waals surface area contributed by atoms with Crippen molar-refractivity contribution in [3.8, 4) is 11.8 Å². The van der Waals surface area contributed by atoms with Gasteiger partial charge >= 0.3 is 0 Å². The van der Waals surface area contributed by atoms with Gasteiger partial charge in [0.1, 0.15) is 11.8 Å². The monoisotopic (exact) mass is 211 g/mol. The third kappa shape index (κ3) is 1.36. The molecule has 0 saturated carbocycles. The molecule has 0 saturated heterocycles. The quantitative estimate of drug-likeness (QED) is 0.717. The summed E-state index contributed by atoms with van der Waals surface area (Å²) in [5.74, 6) is 0.0208. The minimum absolute atomic E-state index is 0.0208. The maximum atomic E-state index is 9.31. The summed E-state index contributed by atoms with van der Waals surface area (Å²) in [5, 5.41) is 17.9. The summed E-state index contributed by atoms with van der Waals surface area (Å²) >= 11 is 3.12. The van der Waals surface area contributed by atoms with E-state index in [0.29, 0.717) is 10.0 Å². The van der Waals surface area contributed by atoms with Crippen molar-refractivity contribution >= 4 is 15.9 Å². The molecule has 0 bridgehead atoms. The molecule has 0 aliphatic rings. The molecule has 0 atom stereocenters. The highest BCUT2D eigenvalue weighted by Crippen LogP contribution is 2.29. The van der Waals surface area contributed by atoms with Crippen molar-refractivity contribution in [3.05, 3.63) is 27.7 Å². The summed E-state index contributed by atoms with van der Waals surface area (Å²) in [6.07, 6.45) is 0. The Bertz CT molecular complexity index is 328. The Balaban J connectivity index is 3.44. The summed E-state index contributed by atoms with van der Waals surface area (Å²) < 4.78 is 0.555. The second-order valence-electron chi connectivity index (χ2n) is 2.20. The van der Waals surface area contributed by atoms with E-state index in [4.69, 9.17) is 5.26 Å². The predicted octanol–water partition coefficient (Wildman–Crippen LogP) is 2.33. The zero-order valence-electron chi connectivity index (χ0n) is 5.93. The molecule has 0 amide bonds. The smallest absolute Gasteiger partial charge is 0.147 e. The standard InChI is InChI=1S/C8H6BrNO/c1-5-2-3-7(9)8(11)6(5)4-10/h2-3,11H,1H3. The van der Waals surface area contributed by atoms with Crippen LogP contribution < -0.4 is 0 Å². The second kappa shape index (κ2) is 2.93. The molecule has 0 radical (unpaired) electrons. The fourth-order valence-corrected chi connectivity index (χ4v) is 1.14. The van der Waals surface area contributed by atoms with Crippen LogP contribution in [0.25, 0.3) is 0 Å². The van der Waals surface area contributed by atoms with Crippen LogP contribution >= 0.6 is 15.9 Å². The largest absolute Gasteiger partial charge is 0.505 e. The SMILES string of the molecule is Cc1ccc(Br)c(O)c1C#N. The van der Waals surface area contributed by atoms with Crippen LogP contribution in [-0.2, 0) is 0 Å². The molecule has 0 fully saturated rings. The van der Waals surface area contributed by atoms with Crippen molar-refractivity contribution in [2.24, 2.45) is 0 Å². The molecule has 0 aliphatic carbocycles. The van der Waals surface area contributed by atoms with Gasteiger partial charge in [0.2, 0.25) is 0 Å². The van der Waals surface area contributed by atoms with Crippen LogP contribution in [0.3, 0.4) is 0 Å². The number of hydrogen-bond donors (Lipinski definition) is 1. The highest BCUT2D eigenvalue weighted by atomic mass is 79.9. The van der Waals surface area contributed by atoms with Crippen LogP contribution in [0.1, 0.15) is 11.1 Å². The first-order chi connectivity index (χ1) is 5.16. The number of hydrogen-bond acceptors (Lipinski definition) is 2. The third-order valence-corrected chi connectivity index (χ3v) is 2.09. The van der Waals surface area contributed by atoms with Crippen LogP contribution in [-0.4, -0.2) is 5.11 Å². The van der Waals surface area contributed by atoms with E-state index in [2.05, 4.69) is 15.9 Å². The molecule has 0 aromatic heterocycles. The highest BCUT2D eigenvalue weighted by Gasteiger charge is 2.06. The lowest BCUT2D eigenvalue weighted by molar-refractivity contribution is 0.469. The topological polar surface area (TPSA) is 44.0 Å². The maximum absolute atomic E-state index is 9.31. The number of nitrogens with zero attached hydrogens (tertiary/aromatic N) is 1. The minimum Gasteiger partial charge on any atom is -0.505 e. The lowest BCUT2D eigenvalue weighted by Gasteiger charge is -2.01. The number of halogens is 1. The summed E-state index contributed by atoms with van der Waals surface area (Å²) in [6, 6.07) is 5.42. The van der Waals surface area contributed by atoms with Gasteiger partial charge in [0, 0.05) is 0 Å². The maximum Gasteiger partial charge on any atom is 0.147 e. The summed E-state index contributed by atoms with van der Waals surface area (Å²) in [4.78, 5) is 0. The lowest BCUT2D eigenvalue weighted by Crippen LogP contribution is -1.83. The fourth-order valence-electron chi connectivity index (χ4n) is 0.808. The van der Waals surface area contributed by atoms with Crippen LogP contribution in [0, 0.1) is 18.3 Å². The number of phenols is 1. The Hall–Kier alpha value is -1.01. The van der Waals surface area contributed by atoms with E-state index in [1.54, 1.807) is 19.1 Å². The van der Waals surface area contributed by atoms with Crippen LogP contribution in [0.15, 0.2) is 16.6 Å². The van der Waals surface area contributed by atoms with Gasteiger partial charge in [-0.2, -0.15) is 5.26 Å². The van der Waals surface area contributed by atoms with E-state index in [1.165, 1.54) is 0 Å². The lowest BCUT2D eigenvalue weighted by atomic mass is 10.1. The molecule has 0 aliphatic heterocycles. The van der Waals surface area contributed by atoms with Crippen molar-refractivity contribution in [2.45, 2.75) is 6.92 Å². The Morgan fingerprint density at radius 1 is 1.55 bits per heavy atom. The van der Waals surface area contributed by atoms with Crippen LogP contribution in [0.5, 0.6) is 5.75 Å². The van der Waals surface area contributed by atoms with Gasteiger partial charge in [-0.1, -0.05) is 6.07 Å². The first-order valence-corrected chi connectivity index (χ1v) is 3.84. The number of aromatic hydroxyl groups is 1. The molecular formula is C8H6BrNO. The van der Waals surface area contributed by atoms with Crippen molar-refractivity contribution in [1.29, 1.82) is 5.26 Å². The second-order valence-corrected chi connectivity index (χ2v) is 3.05. The highest BCUT2D eigenvalue weighted by molar-refractivity contribution is 9.10. The number of aryl methyl sites for hydroxylation is 1. The Morgan fingerprint density at radius 3 is 2.64 bits per heavy atom. The van der Waals surface area contributed by atoms with E-state index in [0.717, 1.165) is 5.56 Å². The van der Waals surface area contributed by atoms with Gasteiger partial charge in [-0.3, -0.25) is 0 Å². The Kier molecular flexibility index (Phi) is 2.16. The van der Waals surface area contributed by atoms with Gasteiger partial charge in [-0.25, -0.2) is 0 Å². The van der Waals surface area contributed by atoms with E-state index in [1.807, 2.05) is 6.07 Å². The fraction of sp³-hybridized carbons (Fsp3) is 0.125. The predicted molar refractivity (Wildman–Crippen MR) is 45.3 cm³/mol. The van der Waals surface area contributed by atoms with E-state index in [-0.39, 0.29) is 5.75 Å². The van der Waals surface area contributed by atoms with Crippen molar-refractivity contribution in [2.75, 3.05) is 0 Å². The molecule has 0 unspecified atom stereocenters. The molecule has 1 N–H and O–H groups in total. The molecule has 0 heterocycles. The van der Waals surface area contributed by atoms with Gasteiger partial charge in [0.05, 0.1) is 10.0 Å². The molecule has 11 heavy (non-hydrogen) atoms. The molecule has 0 spiro atoms. The normalized spacial score (nSPS) is 9.18. The first-order valence-electron chi connectivity index (χ1n) is 3.05. The Labute approximate surface area is 73.2 Å². The zero-order valence-corrected chi connectivity index (χ0v) is 7.51. The number of benzene rings is 1. The summed E-state index contributed by atoms with van der Waals surface area (Å²) in [5.41, 5.74) is 1.12.